The Kier molecular flexibility index (Phi) is 6.84. The zero-order valence-corrected chi connectivity index (χ0v) is 18.5. The van der Waals surface area contributed by atoms with Gasteiger partial charge in [-0.3, -0.25) is 9.69 Å². The SMILES string of the molecule is CC(=O)c1ccc(N2CCN(CC3=CCC4CC3C4(C)C)CC2)cc1.O=C(O)C(=O)O. The van der Waals surface area contributed by atoms with E-state index in [-0.39, 0.29) is 5.78 Å². The molecule has 1 aliphatic heterocycles. The molecule has 2 bridgehead atoms. The number of hydrogen-bond donors (Lipinski definition) is 2. The van der Waals surface area contributed by atoms with E-state index in [0.29, 0.717) is 5.41 Å². The molecule has 0 amide bonds. The van der Waals surface area contributed by atoms with Gasteiger partial charge in [-0.1, -0.05) is 25.5 Å². The van der Waals surface area contributed by atoms with Gasteiger partial charge in [-0.2, -0.15) is 0 Å². The molecule has 1 aromatic rings. The molecular weight excluding hydrogens is 396 g/mol. The first kappa shape index (κ1) is 23.0. The fourth-order valence-corrected chi connectivity index (χ4v) is 4.99. The minimum absolute atomic E-state index is 0.137. The second-order valence-corrected chi connectivity index (χ2v) is 9.30. The third-order valence-corrected chi connectivity index (χ3v) is 7.18. The highest BCUT2D eigenvalue weighted by Crippen LogP contribution is 2.59. The number of fused-ring (bicyclic) bond motifs is 1. The molecule has 2 atom stereocenters. The van der Waals surface area contributed by atoms with Gasteiger partial charge in [0.25, 0.3) is 0 Å². The lowest BCUT2D eigenvalue weighted by molar-refractivity contribution is -0.159. The van der Waals surface area contributed by atoms with Crippen molar-refractivity contribution in [3.05, 3.63) is 41.5 Å². The number of anilines is 1. The molecular formula is C24H32N2O5. The molecule has 5 rings (SSSR count). The van der Waals surface area contributed by atoms with Gasteiger partial charge < -0.3 is 15.1 Å². The van der Waals surface area contributed by atoms with Crippen LogP contribution in [0.2, 0.25) is 0 Å². The molecule has 7 nitrogen and oxygen atoms in total. The molecule has 31 heavy (non-hydrogen) atoms. The first-order valence-corrected chi connectivity index (χ1v) is 10.8. The summed E-state index contributed by atoms with van der Waals surface area (Å²) in [6.45, 7) is 12.1. The van der Waals surface area contributed by atoms with Gasteiger partial charge in [-0.05, 0) is 61.3 Å². The standard InChI is InChI=1S/C22H30N2O.C2H2O4/c1-16(25)17-5-8-20(9-6-17)24-12-10-23(11-13-24)15-18-4-7-19-14-21(18)22(19,2)3;3-1(4)2(5)6/h4-6,8-9,19,21H,7,10-15H2,1-3H3;(H,3,4)(H,5,6). The van der Waals surface area contributed by atoms with E-state index in [1.54, 1.807) is 12.5 Å². The number of carboxylic acid groups (broad SMARTS) is 2. The van der Waals surface area contributed by atoms with Crippen molar-refractivity contribution < 1.29 is 24.6 Å². The van der Waals surface area contributed by atoms with E-state index in [2.05, 4.69) is 41.9 Å². The van der Waals surface area contributed by atoms with Crippen molar-refractivity contribution in [1.82, 2.24) is 4.90 Å². The minimum Gasteiger partial charge on any atom is -0.473 e. The highest BCUT2D eigenvalue weighted by Gasteiger charge is 2.51. The number of carbonyl (C=O) groups is 3. The Balaban J connectivity index is 0.000000401. The summed E-state index contributed by atoms with van der Waals surface area (Å²) in [5.74, 6) is -1.76. The third kappa shape index (κ3) is 5.15. The van der Waals surface area contributed by atoms with Crippen LogP contribution in [0.3, 0.4) is 0 Å². The number of nitrogens with zero attached hydrogens (tertiary/aromatic N) is 2. The summed E-state index contributed by atoms with van der Waals surface area (Å²) >= 11 is 0. The quantitative estimate of drug-likeness (QED) is 0.432. The van der Waals surface area contributed by atoms with Gasteiger partial charge in [0.15, 0.2) is 5.78 Å². The number of ketones is 1. The van der Waals surface area contributed by atoms with Crippen LogP contribution in [-0.4, -0.2) is 65.6 Å². The van der Waals surface area contributed by atoms with Gasteiger partial charge in [-0.25, -0.2) is 9.59 Å². The van der Waals surface area contributed by atoms with Crippen LogP contribution >= 0.6 is 0 Å². The van der Waals surface area contributed by atoms with E-state index < -0.39 is 11.9 Å². The molecule has 4 aliphatic rings. The molecule has 2 unspecified atom stereocenters. The number of carboxylic acids is 2. The number of hydrogen-bond acceptors (Lipinski definition) is 5. The normalized spacial score (nSPS) is 24.2. The highest BCUT2D eigenvalue weighted by molar-refractivity contribution is 6.27. The topological polar surface area (TPSA) is 98.2 Å². The molecule has 2 N–H and O–H groups in total. The lowest BCUT2D eigenvalue weighted by atomic mass is 9.49. The van der Waals surface area contributed by atoms with Crippen molar-refractivity contribution in [2.75, 3.05) is 37.6 Å². The average molecular weight is 429 g/mol. The Labute approximate surface area is 183 Å². The number of allylic oxidation sites excluding steroid dienone is 1. The van der Waals surface area contributed by atoms with Gasteiger partial charge in [0, 0.05) is 44.0 Å². The van der Waals surface area contributed by atoms with Crippen LogP contribution in [0.4, 0.5) is 5.69 Å². The maximum atomic E-state index is 11.4. The Hall–Kier alpha value is -2.67. The summed E-state index contributed by atoms with van der Waals surface area (Å²) in [4.78, 5) is 34.7. The van der Waals surface area contributed by atoms with Crippen molar-refractivity contribution in [2.24, 2.45) is 17.3 Å². The van der Waals surface area contributed by atoms with Crippen molar-refractivity contribution in [2.45, 2.75) is 33.6 Å². The molecule has 1 saturated carbocycles. The zero-order valence-electron chi connectivity index (χ0n) is 18.5. The van der Waals surface area contributed by atoms with Gasteiger partial charge >= 0.3 is 11.9 Å². The minimum atomic E-state index is -1.82. The summed E-state index contributed by atoms with van der Waals surface area (Å²) in [5, 5.41) is 14.8. The van der Waals surface area contributed by atoms with E-state index in [1.807, 2.05) is 12.1 Å². The smallest absolute Gasteiger partial charge is 0.414 e. The predicted molar refractivity (Wildman–Crippen MR) is 118 cm³/mol. The van der Waals surface area contributed by atoms with Gasteiger partial charge in [0.05, 0.1) is 0 Å². The molecule has 1 heterocycles. The second kappa shape index (κ2) is 9.22. The molecule has 168 valence electrons. The fourth-order valence-electron chi connectivity index (χ4n) is 4.99. The number of aliphatic carboxylic acids is 2. The van der Waals surface area contributed by atoms with Crippen molar-refractivity contribution in [3.63, 3.8) is 0 Å². The van der Waals surface area contributed by atoms with Gasteiger partial charge in [-0.15, -0.1) is 0 Å². The summed E-state index contributed by atoms with van der Waals surface area (Å²) < 4.78 is 0. The number of benzene rings is 1. The zero-order chi connectivity index (χ0) is 22.8. The van der Waals surface area contributed by atoms with Crippen molar-refractivity contribution >= 4 is 23.4 Å². The van der Waals surface area contributed by atoms with E-state index in [9.17, 15) is 4.79 Å². The maximum Gasteiger partial charge on any atom is 0.414 e. The van der Waals surface area contributed by atoms with E-state index in [0.717, 1.165) is 50.1 Å². The number of rotatable bonds is 4. The Bertz CT molecular complexity index is 854. The lowest BCUT2D eigenvalue weighted by Gasteiger charge is -2.57. The highest BCUT2D eigenvalue weighted by atomic mass is 16.4. The Morgan fingerprint density at radius 1 is 1.00 bits per heavy atom. The van der Waals surface area contributed by atoms with E-state index >= 15 is 0 Å². The molecule has 1 aromatic carbocycles. The van der Waals surface area contributed by atoms with Gasteiger partial charge in [0.2, 0.25) is 0 Å². The predicted octanol–water partition coefficient (Wildman–Crippen LogP) is 3.16. The summed E-state index contributed by atoms with van der Waals surface area (Å²) in [6, 6.07) is 8.08. The first-order valence-electron chi connectivity index (χ1n) is 10.8. The van der Waals surface area contributed by atoms with Gasteiger partial charge in [0.1, 0.15) is 0 Å². The molecule has 1 saturated heterocycles. The van der Waals surface area contributed by atoms with Crippen molar-refractivity contribution in [1.29, 1.82) is 0 Å². The summed E-state index contributed by atoms with van der Waals surface area (Å²) in [6.07, 6.45) is 5.25. The van der Waals surface area contributed by atoms with Crippen LogP contribution < -0.4 is 4.90 Å². The maximum absolute atomic E-state index is 11.4. The fraction of sp³-hybridized carbons (Fsp3) is 0.542. The molecule has 0 radical (unpaired) electrons. The summed E-state index contributed by atoms with van der Waals surface area (Å²) in [7, 11) is 0. The first-order chi connectivity index (χ1) is 14.6. The average Bonchev–Trinajstić information content (AvgIpc) is 2.74. The van der Waals surface area contributed by atoms with Crippen molar-refractivity contribution in [3.8, 4) is 0 Å². The number of piperazine rings is 1. The van der Waals surface area contributed by atoms with Crippen LogP contribution in [0, 0.1) is 17.3 Å². The van der Waals surface area contributed by atoms with Crippen LogP contribution in [0.25, 0.3) is 0 Å². The van der Waals surface area contributed by atoms with Crippen LogP contribution in [-0.2, 0) is 9.59 Å². The molecule has 2 fully saturated rings. The molecule has 7 heteroatoms. The molecule has 0 aromatic heterocycles. The van der Waals surface area contributed by atoms with Crippen LogP contribution in [0.15, 0.2) is 35.9 Å². The van der Waals surface area contributed by atoms with E-state index in [4.69, 9.17) is 19.8 Å². The number of Topliss-reactive ketones (excluding diaryl/α,β-unsaturated/α-hetero) is 1. The molecule has 0 spiro atoms. The molecule has 3 aliphatic carbocycles. The number of carbonyl (C=O) groups excluding carboxylic acids is 1. The Morgan fingerprint density at radius 2 is 1.58 bits per heavy atom. The third-order valence-electron chi connectivity index (χ3n) is 7.18. The Morgan fingerprint density at radius 3 is 2.03 bits per heavy atom. The van der Waals surface area contributed by atoms with Crippen LogP contribution in [0.5, 0.6) is 0 Å². The van der Waals surface area contributed by atoms with E-state index in [1.165, 1.54) is 18.5 Å². The summed E-state index contributed by atoms with van der Waals surface area (Å²) in [5.41, 5.74) is 4.27. The monoisotopic (exact) mass is 428 g/mol. The second-order valence-electron chi connectivity index (χ2n) is 9.30. The largest absolute Gasteiger partial charge is 0.473 e. The van der Waals surface area contributed by atoms with Crippen LogP contribution in [0.1, 0.15) is 44.0 Å². The lowest BCUT2D eigenvalue weighted by Crippen LogP contribution is -2.52.